The highest BCUT2D eigenvalue weighted by Crippen LogP contribution is 2.29. The summed E-state index contributed by atoms with van der Waals surface area (Å²) in [6, 6.07) is 9.49. The van der Waals surface area contributed by atoms with Gasteiger partial charge in [0.1, 0.15) is 11.0 Å². The summed E-state index contributed by atoms with van der Waals surface area (Å²) >= 11 is 0. The second-order valence-electron chi connectivity index (χ2n) is 5.43. The average Bonchev–Trinajstić information content (AvgIpc) is 3.09. The van der Waals surface area contributed by atoms with Gasteiger partial charge in [-0.05, 0) is 38.1 Å². The Morgan fingerprint density at radius 2 is 1.72 bits per heavy atom. The molecule has 7 nitrogen and oxygen atoms in total. The van der Waals surface area contributed by atoms with Gasteiger partial charge < -0.3 is 15.1 Å². The molecule has 1 heterocycles. The molecule has 1 aromatic carbocycles. The van der Waals surface area contributed by atoms with Crippen LogP contribution in [0, 0.1) is 6.92 Å². The Hall–Kier alpha value is -2.61. The number of hydrogen-bond donors (Lipinski definition) is 2. The van der Waals surface area contributed by atoms with E-state index in [1.165, 1.54) is 24.5 Å². The summed E-state index contributed by atoms with van der Waals surface area (Å²) in [5, 5.41) is 3.57. The van der Waals surface area contributed by atoms with Gasteiger partial charge in [-0.3, -0.25) is 9.59 Å². The molecule has 2 N–H and O–H groups in total. The summed E-state index contributed by atoms with van der Waals surface area (Å²) in [5.74, 6) is -1.51. The van der Waals surface area contributed by atoms with Crippen LogP contribution in [0.3, 0.4) is 0 Å². The van der Waals surface area contributed by atoms with Crippen LogP contribution in [0.25, 0.3) is 0 Å². The van der Waals surface area contributed by atoms with Crippen LogP contribution in [0.5, 0.6) is 0 Å². The number of hydrogen-bond acceptors (Lipinski definition) is 5. The third-order valence-corrected chi connectivity index (χ3v) is 5.65. The van der Waals surface area contributed by atoms with Crippen LogP contribution in [0.15, 0.2) is 52.0 Å². The van der Waals surface area contributed by atoms with Crippen LogP contribution in [-0.4, -0.2) is 33.3 Å². The molecule has 0 saturated carbocycles. The largest absolute Gasteiger partial charge is 0.468 e. The van der Waals surface area contributed by atoms with Gasteiger partial charge in [-0.2, -0.15) is 0 Å². The number of furan rings is 1. The monoisotopic (exact) mass is 364 g/mol. The summed E-state index contributed by atoms with van der Waals surface area (Å²) in [7, 11) is -3.81. The molecule has 0 radical (unpaired) electrons. The zero-order valence-corrected chi connectivity index (χ0v) is 14.8. The zero-order chi connectivity index (χ0) is 18.4. The van der Waals surface area contributed by atoms with Crippen molar-refractivity contribution in [3.8, 4) is 0 Å². The standard InChI is InChI=1S/C17H20N2O5S/c1-3-18-16(20)17(21)19-11-15(14-5-4-10-24-14)25(22,23)13-8-6-12(2)7-9-13/h4-10,15H,3,11H2,1-2H3,(H,18,20)(H,19,21)/t15-/m0/s1. The molecule has 1 aromatic heterocycles. The lowest BCUT2D eigenvalue weighted by atomic mass is 10.2. The van der Waals surface area contributed by atoms with Gasteiger partial charge in [0.05, 0.1) is 11.2 Å². The minimum atomic E-state index is -3.81. The second-order valence-corrected chi connectivity index (χ2v) is 7.56. The molecule has 2 rings (SSSR count). The van der Waals surface area contributed by atoms with Gasteiger partial charge in [0.15, 0.2) is 9.84 Å². The normalized spacial score (nSPS) is 12.4. The summed E-state index contributed by atoms with van der Waals surface area (Å²) < 4.78 is 31.1. The summed E-state index contributed by atoms with van der Waals surface area (Å²) in [5.41, 5.74) is 0.929. The topological polar surface area (TPSA) is 105 Å². The minimum Gasteiger partial charge on any atom is -0.468 e. The predicted octanol–water partition coefficient (Wildman–Crippen LogP) is 1.36. The molecule has 0 unspecified atom stereocenters. The molecule has 0 aliphatic heterocycles. The molecule has 0 spiro atoms. The van der Waals surface area contributed by atoms with Gasteiger partial charge in [0.2, 0.25) is 0 Å². The fourth-order valence-corrected chi connectivity index (χ4v) is 3.82. The van der Waals surface area contributed by atoms with Gasteiger partial charge in [-0.1, -0.05) is 17.7 Å². The van der Waals surface area contributed by atoms with Gasteiger partial charge >= 0.3 is 11.8 Å². The Balaban J connectivity index is 2.26. The molecule has 0 fully saturated rings. The van der Waals surface area contributed by atoms with Gasteiger partial charge in [-0.15, -0.1) is 0 Å². The van der Waals surface area contributed by atoms with Crippen LogP contribution >= 0.6 is 0 Å². The molecule has 2 aromatic rings. The van der Waals surface area contributed by atoms with E-state index < -0.39 is 26.9 Å². The second kappa shape index (κ2) is 7.98. The molecule has 0 aliphatic rings. The first-order valence-electron chi connectivity index (χ1n) is 7.76. The predicted molar refractivity (Wildman–Crippen MR) is 91.5 cm³/mol. The lowest BCUT2D eigenvalue weighted by Gasteiger charge is -2.16. The number of rotatable bonds is 6. The van der Waals surface area contributed by atoms with Crippen molar-refractivity contribution in [1.29, 1.82) is 0 Å². The van der Waals surface area contributed by atoms with E-state index in [0.29, 0.717) is 6.54 Å². The molecule has 1 atom stereocenters. The fraction of sp³-hybridized carbons (Fsp3) is 0.294. The number of benzene rings is 1. The van der Waals surface area contributed by atoms with E-state index in [1.807, 2.05) is 6.92 Å². The quantitative estimate of drug-likeness (QED) is 0.753. The van der Waals surface area contributed by atoms with Crippen molar-refractivity contribution in [3.05, 3.63) is 54.0 Å². The number of amides is 2. The van der Waals surface area contributed by atoms with E-state index in [2.05, 4.69) is 10.6 Å². The zero-order valence-electron chi connectivity index (χ0n) is 14.0. The Morgan fingerprint density at radius 1 is 1.08 bits per heavy atom. The van der Waals surface area contributed by atoms with Crippen molar-refractivity contribution in [2.75, 3.05) is 13.1 Å². The third-order valence-electron chi connectivity index (χ3n) is 3.58. The maximum absolute atomic E-state index is 12.9. The van der Waals surface area contributed by atoms with Crippen molar-refractivity contribution in [2.24, 2.45) is 0 Å². The van der Waals surface area contributed by atoms with Crippen molar-refractivity contribution < 1.29 is 22.4 Å². The molecule has 2 amide bonds. The van der Waals surface area contributed by atoms with Crippen LogP contribution in [-0.2, 0) is 19.4 Å². The number of sulfone groups is 1. The Kier molecular flexibility index (Phi) is 5.97. The molecule has 25 heavy (non-hydrogen) atoms. The number of likely N-dealkylation sites (N-methyl/N-ethyl adjacent to an activating group) is 1. The van der Waals surface area contributed by atoms with Gasteiger partial charge in [0.25, 0.3) is 0 Å². The van der Waals surface area contributed by atoms with Crippen molar-refractivity contribution in [3.63, 3.8) is 0 Å². The summed E-state index contributed by atoms with van der Waals surface area (Å²) in [4.78, 5) is 23.4. The number of carbonyl (C=O) groups is 2. The molecule has 134 valence electrons. The van der Waals surface area contributed by atoms with E-state index >= 15 is 0 Å². The average molecular weight is 364 g/mol. The van der Waals surface area contributed by atoms with Crippen molar-refractivity contribution >= 4 is 21.7 Å². The first kappa shape index (κ1) is 18.7. The van der Waals surface area contributed by atoms with Crippen molar-refractivity contribution in [1.82, 2.24) is 10.6 Å². The third kappa shape index (κ3) is 4.48. The molecule has 8 heteroatoms. The highest BCUT2D eigenvalue weighted by atomic mass is 32.2. The van der Waals surface area contributed by atoms with Crippen LogP contribution in [0.4, 0.5) is 0 Å². The molecule has 0 bridgehead atoms. The fourth-order valence-electron chi connectivity index (χ4n) is 2.24. The summed E-state index contributed by atoms with van der Waals surface area (Å²) in [6.45, 7) is 3.56. The number of nitrogens with one attached hydrogen (secondary N) is 2. The van der Waals surface area contributed by atoms with Crippen LogP contribution in [0.1, 0.15) is 23.5 Å². The van der Waals surface area contributed by atoms with Gasteiger partial charge in [-0.25, -0.2) is 8.42 Å². The number of carbonyl (C=O) groups excluding carboxylic acids is 2. The Morgan fingerprint density at radius 3 is 2.28 bits per heavy atom. The first-order valence-corrected chi connectivity index (χ1v) is 9.31. The molecular formula is C17H20N2O5S. The lowest BCUT2D eigenvalue weighted by molar-refractivity contribution is -0.139. The van der Waals surface area contributed by atoms with E-state index in [0.717, 1.165) is 5.56 Å². The van der Waals surface area contributed by atoms with Gasteiger partial charge in [0, 0.05) is 13.1 Å². The highest BCUT2D eigenvalue weighted by molar-refractivity contribution is 7.91. The van der Waals surface area contributed by atoms with Crippen LogP contribution < -0.4 is 10.6 Å². The SMILES string of the molecule is CCNC(=O)C(=O)NC[C@@H](c1ccco1)S(=O)(=O)c1ccc(C)cc1. The molecular weight excluding hydrogens is 344 g/mol. The van der Waals surface area contributed by atoms with E-state index in [4.69, 9.17) is 4.42 Å². The number of aryl methyl sites for hydroxylation is 1. The maximum Gasteiger partial charge on any atom is 0.309 e. The maximum atomic E-state index is 12.9. The minimum absolute atomic E-state index is 0.117. The highest BCUT2D eigenvalue weighted by Gasteiger charge is 2.32. The van der Waals surface area contributed by atoms with Crippen LogP contribution in [0.2, 0.25) is 0 Å². The summed E-state index contributed by atoms with van der Waals surface area (Å²) in [6.07, 6.45) is 1.36. The smallest absolute Gasteiger partial charge is 0.309 e. The van der Waals surface area contributed by atoms with Crippen molar-refractivity contribution in [2.45, 2.75) is 24.0 Å². The lowest BCUT2D eigenvalue weighted by Crippen LogP contribution is -2.42. The Bertz CT molecular complexity index is 826. The first-order chi connectivity index (χ1) is 11.9. The Labute approximate surface area is 146 Å². The molecule has 0 aliphatic carbocycles. The van der Waals surface area contributed by atoms with E-state index in [1.54, 1.807) is 25.1 Å². The molecule has 0 saturated heterocycles. The van der Waals surface area contributed by atoms with E-state index in [9.17, 15) is 18.0 Å². The van der Waals surface area contributed by atoms with E-state index in [-0.39, 0.29) is 17.2 Å².